The first-order chi connectivity index (χ1) is 11.4. The van der Waals surface area contributed by atoms with Crippen LogP contribution in [0.5, 0.6) is 0 Å². The average Bonchev–Trinajstić information content (AvgIpc) is 2.57. The summed E-state index contributed by atoms with van der Waals surface area (Å²) in [5.74, 6) is 0. The van der Waals surface area contributed by atoms with E-state index >= 15 is 0 Å². The van der Waals surface area contributed by atoms with Crippen LogP contribution in [-0.4, -0.2) is 97.4 Å². The van der Waals surface area contributed by atoms with Gasteiger partial charge in [0.15, 0.2) is 0 Å². The molecule has 0 aliphatic rings. The highest BCUT2D eigenvalue weighted by molar-refractivity contribution is 14.1. The number of alkyl halides is 1. The maximum Gasteiger partial charge on any atom is 0.0701 e. The van der Waals surface area contributed by atoms with Crippen molar-refractivity contribution >= 4 is 22.6 Å². The van der Waals surface area contributed by atoms with Gasteiger partial charge in [-0.2, -0.15) is 0 Å². The molecular formula is C15H31IO7. The van der Waals surface area contributed by atoms with Crippen LogP contribution in [0.15, 0.2) is 0 Å². The van der Waals surface area contributed by atoms with E-state index in [0.717, 1.165) is 11.0 Å². The second-order valence-electron chi connectivity index (χ2n) is 4.36. The first-order valence-electron chi connectivity index (χ1n) is 7.93. The first kappa shape index (κ1) is 23.4. The van der Waals surface area contributed by atoms with Crippen molar-refractivity contribution in [3.63, 3.8) is 0 Å². The predicted molar refractivity (Wildman–Crippen MR) is 95.7 cm³/mol. The van der Waals surface area contributed by atoms with Crippen molar-refractivity contribution in [3.8, 4) is 0 Å². The molecule has 8 heteroatoms. The SMILES string of the molecule is COCCOCCOCCOCCOCCOCCOCCI. The Morgan fingerprint density at radius 3 is 0.957 bits per heavy atom. The van der Waals surface area contributed by atoms with E-state index in [1.165, 1.54) is 0 Å². The van der Waals surface area contributed by atoms with Gasteiger partial charge in [-0.05, 0) is 0 Å². The van der Waals surface area contributed by atoms with Crippen molar-refractivity contribution in [1.29, 1.82) is 0 Å². The number of hydrogen-bond acceptors (Lipinski definition) is 7. The molecule has 0 aliphatic carbocycles. The molecule has 0 spiro atoms. The van der Waals surface area contributed by atoms with Crippen LogP contribution in [0.25, 0.3) is 0 Å². The normalized spacial score (nSPS) is 11.2. The van der Waals surface area contributed by atoms with Crippen molar-refractivity contribution in [1.82, 2.24) is 0 Å². The lowest BCUT2D eigenvalue weighted by Gasteiger charge is -2.08. The minimum atomic E-state index is 0.562. The second kappa shape index (κ2) is 22.4. The summed E-state index contributed by atoms with van der Waals surface area (Å²) >= 11 is 2.28. The second-order valence-corrected chi connectivity index (χ2v) is 5.43. The van der Waals surface area contributed by atoms with Gasteiger partial charge in [0.1, 0.15) is 0 Å². The monoisotopic (exact) mass is 450 g/mol. The molecule has 0 heterocycles. The molecule has 0 N–H and O–H groups in total. The van der Waals surface area contributed by atoms with Crippen molar-refractivity contribution in [2.45, 2.75) is 0 Å². The van der Waals surface area contributed by atoms with Crippen molar-refractivity contribution in [2.24, 2.45) is 0 Å². The largest absolute Gasteiger partial charge is 0.382 e. The summed E-state index contributed by atoms with van der Waals surface area (Å²) < 4.78 is 37.9. The Morgan fingerprint density at radius 1 is 0.435 bits per heavy atom. The summed E-state index contributed by atoms with van der Waals surface area (Å²) in [6.45, 7) is 7.81. The number of methoxy groups -OCH3 is 1. The molecule has 0 unspecified atom stereocenters. The third-order valence-corrected chi connectivity index (χ3v) is 2.95. The predicted octanol–water partition coefficient (Wildman–Crippen LogP) is 1.17. The fourth-order valence-corrected chi connectivity index (χ4v) is 1.71. The number of halogens is 1. The maximum absolute atomic E-state index is 5.38. The standard InChI is InChI=1S/C15H31IO7/c1-17-4-5-19-8-9-21-12-13-23-15-14-22-11-10-20-7-6-18-3-2-16/h2-15H2,1H3. The zero-order valence-electron chi connectivity index (χ0n) is 14.1. The number of rotatable bonds is 20. The van der Waals surface area contributed by atoms with E-state index in [9.17, 15) is 0 Å². The molecule has 23 heavy (non-hydrogen) atoms. The topological polar surface area (TPSA) is 64.6 Å². The summed E-state index contributed by atoms with van der Waals surface area (Å²) in [6, 6.07) is 0. The zero-order chi connectivity index (χ0) is 16.8. The van der Waals surface area contributed by atoms with E-state index in [-0.39, 0.29) is 0 Å². The van der Waals surface area contributed by atoms with E-state index < -0.39 is 0 Å². The van der Waals surface area contributed by atoms with Gasteiger partial charge in [0.25, 0.3) is 0 Å². The van der Waals surface area contributed by atoms with E-state index in [4.69, 9.17) is 33.2 Å². The van der Waals surface area contributed by atoms with Crippen molar-refractivity contribution < 1.29 is 33.2 Å². The summed E-state index contributed by atoms with van der Waals surface area (Å²) in [5.41, 5.74) is 0. The van der Waals surface area contributed by atoms with E-state index in [0.29, 0.717) is 79.3 Å². The van der Waals surface area contributed by atoms with Crippen LogP contribution in [0.2, 0.25) is 0 Å². The minimum absolute atomic E-state index is 0.562. The third kappa shape index (κ3) is 22.4. The molecule has 0 atom stereocenters. The minimum Gasteiger partial charge on any atom is -0.382 e. The summed E-state index contributed by atoms with van der Waals surface area (Å²) in [4.78, 5) is 0. The molecule has 0 aromatic rings. The van der Waals surface area contributed by atoms with Crippen LogP contribution in [-0.2, 0) is 33.2 Å². The molecule has 0 aromatic heterocycles. The van der Waals surface area contributed by atoms with Gasteiger partial charge in [-0.15, -0.1) is 0 Å². The lowest BCUT2D eigenvalue weighted by molar-refractivity contribution is -0.0185. The average molecular weight is 450 g/mol. The van der Waals surface area contributed by atoms with Gasteiger partial charge in [0, 0.05) is 11.5 Å². The van der Waals surface area contributed by atoms with Crippen LogP contribution in [0, 0.1) is 0 Å². The molecule has 140 valence electrons. The van der Waals surface area contributed by atoms with Gasteiger partial charge >= 0.3 is 0 Å². The highest BCUT2D eigenvalue weighted by Gasteiger charge is 1.93. The van der Waals surface area contributed by atoms with Crippen LogP contribution >= 0.6 is 22.6 Å². The van der Waals surface area contributed by atoms with Gasteiger partial charge in [0.2, 0.25) is 0 Å². The molecule has 0 radical (unpaired) electrons. The highest BCUT2D eigenvalue weighted by Crippen LogP contribution is 1.86. The number of hydrogen-bond donors (Lipinski definition) is 0. The summed E-state index contributed by atoms with van der Waals surface area (Å²) in [5, 5.41) is 0. The molecule has 0 saturated heterocycles. The van der Waals surface area contributed by atoms with E-state index in [1.54, 1.807) is 7.11 Å². The van der Waals surface area contributed by atoms with Gasteiger partial charge in [-0.3, -0.25) is 0 Å². The quantitative estimate of drug-likeness (QED) is 0.157. The van der Waals surface area contributed by atoms with Crippen molar-refractivity contribution in [2.75, 3.05) is 97.4 Å². The van der Waals surface area contributed by atoms with Gasteiger partial charge in [0.05, 0.1) is 85.9 Å². The first-order valence-corrected chi connectivity index (χ1v) is 9.45. The Morgan fingerprint density at radius 2 is 0.696 bits per heavy atom. The lowest BCUT2D eigenvalue weighted by Crippen LogP contribution is -2.14. The molecular weight excluding hydrogens is 419 g/mol. The molecule has 0 aliphatic heterocycles. The Kier molecular flexibility index (Phi) is 22.9. The third-order valence-electron chi connectivity index (χ3n) is 2.51. The number of ether oxygens (including phenoxy) is 7. The summed E-state index contributed by atoms with van der Waals surface area (Å²) in [6.07, 6.45) is 0. The van der Waals surface area contributed by atoms with Crippen LogP contribution in [0.1, 0.15) is 0 Å². The molecule has 0 amide bonds. The molecule has 0 rings (SSSR count). The molecule has 0 aromatic carbocycles. The molecule has 0 saturated carbocycles. The van der Waals surface area contributed by atoms with Crippen molar-refractivity contribution in [3.05, 3.63) is 0 Å². The highest BCUT2D eigenvalue weighted by atomic mass is 127. The Balaban J connectivity index is 2.92. The van der Waals surface area contributed by atoms with Gasteiger partial charge < -0.3 is 33.2 Å². The molecule has 0 fully saturated rings. The van der Waals surface area contributed by atoms with E-state index in [2.05, 4.69) is 22.6 Å². The Labute approximate surface area is 153 Å². The Bertz CT molecular complexity index is 190. The van der Waals surface area contributed by atoms with Gasteiger partial charge in [-0.25, -0.2) is 0 Å². The van der Waals surface area contributed by atoms with E-state index in [1.807, 2.05) is 0 Å². The smallest absolute Gasteiger partial charge is 0.0701 e. The molecule has 0 bridgehead atoms. The lowest BCUT2D eigenvalue weighted by atomic mass is 10.7. The fraction of sp³-hybridized carbons (Fsp3) is 1.00. The molecule has 7 nitrogen and oxygen atoms in total. The van der Waals surface area contributed by atoms with Crippen LogP contribution in [0.3, 0.4) is 0 Å². The van der Waals surface area contributed by atoms with Crippen LogP contribution in [0.4, 0.5) is 0 Å². The fourth-order valence-electron chi connectivity index (χ4n) is 1.40. The summed E-state index contributed by atoms with van der Waals surface area (Å²) in [7, 11) is 1.65. The van der Waals surface area contributed by atoms with Crippen LogP contribution < -0.4 is 0 Å². The maximum atomic E-state index is 5.38. The van der Waals surface area contributed by atoms with Gasteiger partial charge in [-0.1, -0.05) is 22.6 Å². The zero-order valence-corrected chi connectivity index (χ0v) is 16.3. The Hall–Kier alpha value is 0.450.